The SMILES string of the molecule is C=CCc1cc(C2C3=C(CC(C)(C)CC3=O)N(CCCOC)C3=C2C(=O)CC(C)(C)C3)cc(OCC)c1OCc1ccc(Cl)cc1Cl. The average Bonchev–Trinajstić information content (AvgIpc) is 2.97. The summed E-state index contributed by atoms with van der Waals surface area (Å²) in [6.45, 7) is 16.5. The highest BCUT2D eigenvalue weighted by molar-refractivity contribution is 6.35. The molecular weight excluding hydrogens is 633 g/mol. The zero-order valence-corrected chi connectivity index (χ0v) is 30.1. The molecule has 0 atom stereocenters. The number of carbonyl (C=O) groups is 2. The molecule has 0 amide bonds. The van der Waals surface area contributed by atoms with Gasteiger partial charge < -0.3 is 19.1 Å². The van der Waals surface area contributed by atoms with Gasteiger partial charge in [-0.3, -0.25) is 9.59 Å². The van der Waals surface area contributed by atoms with Gasteiger partial charge in [0.2, 0.25) is 0 Å². The minimum atomic E-state index is -0.492. The number of Topliss-reactive ketones (excluding diaryl/α,β-unsaturated/α-hetero) is 2. The van der Waals surface area contributed by atoms with Gasteiger partial charge in [-0.25, -0.2) is 0 Å². The lowest BCUT2D eigenvalue weighted by Crippen LogP contribution is -2.44. The Kier molecular flexibility index (Phi) is 10.6. The van der Waals surface area contributed by atoms with E-state index in [-0.39, 0.29) is 29.0 Å². The van der Waals surface area contributed by atoms with Crippen LogP contribution in [0.15, 0.2) is 65.5 Å². The van der Waals surface area contributed by atoms with Crippen molar-refractivity contribution in [2.45, 2.75) is 85.7 Å². The van der Waals surface area contributed by atoms with E-state index in [9.17, 15) is 9.59 Å². The number of hydrogen-bond acceptors (Lipinski definition) is 6. The second kappa shape index (κ2) is 14.2. The largest absolute Gasteiger partial charge is 0.490 e. The number of hydrogen-bond donors (Lipinski definition) is 0. The smallest absolute Gasteiger partial charge is 0.165 e. The van der Waals surface area contributed by atoms with Gasteiger partial charge >= 0.3 is 0 Å². The fraction of sp³-hybridized carbons (Fsp3) is 0.487. The molecule has 252 valence electrons. The first kappa shape index (κ1) is 35.3. The summed E-state index contributed by atoms with van der Waals surface area (Å²) in [7, 11) is 1.70. The number of allylic oxidation sites excluding steroid dienone is 5. The molecule has 0 bridgehead atoms. The van der Waals surface area contributed by atoms with Gasteiger partial charge in [0.15, 0.2) is 23.1 Å². The van der Waals surface area contributed by atoms with Crippen molar-refractivity contribution in [3.05, 3.63) is 92.3 Å². The number of ketones is 2. The Balaban J connectivity index is 1.70. The fourth-order valence-electron chi connectivity index (χ4n) is 7.39. The molecule has 1 aliphatic heterocycles. The van der Waals surface area contributed by atoms with Crippen molar-refractivity contribution < 1.29 is 23.8 Å². The molecule has 0 saturated carbocycles. The van der Waals surface area contributed by atoms with Crippen LogP contribution in [0.4, 0.5) is 0 Å². The Hall–Kier alpha value is -3.06. The molecule has 2 aromatic carbocycles. The zero-order chi connectivity index (χ0) is 34.1. The van der Waals surface area contributed by atoms with E-state index in [0.29, 0.717) is 60.6 Å². The van der Waals surface area contributed by atoms with E-state index < -0.39 is 5.92 Å². The topological polar surface area (TPSA) is 65.1 Å². The fourth-order valence-corrected chi connectivity index (χ4v) is 7.85. The number of benzene rings is 2. The number of carbonyl (C=O) groups excluding carboxylic acids is 2. The summed E-state index contributed by atoms with van der Waals surface area (Å²) in [6.07, 6.45) is 5.49. The Morgan fingerprint density at radius 1 is 0.915 bits per heavy atom. The van der Waals surface area contributed by atoms with Crippen LogP contribution < -0.4 is 9.47 Å². The molecule has 0 aromatic heterocycles. The summed E-state index contributed by atoms with van der Waals surface area (Å²) in [6, 6.07) is 9.37. The molecule has 0 radical (unpaired) electrons. The molecule has 47 heavy (non-hydrogen) atoms. The van der Waals surface area contributed by atoms with Gasteiger partial charge in [-0.1, -0.05) is 69.1 Å². The highest BCUT2D eigenvalue weighted by Crippen LogP contribution is 2.55. The predicted octanol–water partition coefficient (Wildman–Crippen LogP) is 9.42. The monoisotopic (exact) mass is 679 g/mol. The van der Waals surface area contributed by atoms with Crippen molar-refractivity contribution in [2.24, 2.45) is 10.8 Å². The van der Waals surface area contributed by atoms with Crippen molar-refractivity contribution in [1.29, 1.82) is 0 Å². The van der Waals surface area contributed by atoms with E-state index in [2.05, 4.69) is 45.2 Å². The van der Waals surface area contributed by atoms with Crippen molar-refractivity contribution >= 4 is 34.8 Å². The van der Waals surface area contributed by atoms with Crippen molar-refractivity contribution in [3.8, 4) is 11.5 Å². The molecule has 0 saturated heterocycles. The highest BCUT2D eigenvalue weighted by atomic mass is 35.5. The number of ether oxygens (including phenoxy) is 3. The summed E-state index contributed by atoms with van der Waals surface area (Å²) in [5, 5.41) is 1.07. The number of methoxy groups -OCH3 is 1. The van der Waals surface area contributed by atoms with Crippen LogP contribution in [0.5, 0.6) is 11.5 Å². The second-order valence-corrected chi connectivity index (χ2v) is 15.3. The van der Waals surface area contributed by atoms with Gasteiger partial charge in [-0.15, -0.1) is 6.58 Å². The third kappa shape index (κ3) is 7.50. The molecule has 8 heteroatoms. The summed E-state index contributed by atoms with van der Waals surface area (Å²) >= 11 is 12.6. The van der Waals surface area contributed by atoms with Crippen LogP contribution in [0, 0.1) is 10.8 Å². The van der Waals surface area contributed by atoms with Crippen LogP contribution in [-0.4, -0.2) is 43.3 Å². The summed E-state index contributed by atoms with van der Waals surface area (Å²) in [5.41, 5.74) is 5.68. The molecule has 2 aliphatic carbocycles. The highest BCUT2D eigenvalue weighted by Gasteiger charge is 2.49. The lowest BCUT2D eigenvalue weighted by atomic mass is 9.63. The van der Waals surface area contributed by atoms with E-state index in [0.717, 1.165) is 58.5 Å². The molecule has 3 aliphatic rings. The minimum absolute atomic E-state index is 0.100. The molecule has 0 N–H and O–H groups in total. The van der Waals surface area contributed by atoms with Gasteiger partial charge in [0.1, 0.15) is 6.61 Å². The first-order valence-corrected chi connectivity index (χ1v) is 17.3. The van der Waals surface area contributed by atoms with Gasteiger partial charge in [0.25, 0.3) is 0 Å². The van der Waals surface area contributed by atoms with Crippen LogP contribution in [0.25, 0.3) is 0 Å². The standard InChI is InChI=1S/C39H47Cl2NO5/c1-8-11-24-16-26(17-33(46-9-2)37(24)47-23-25-12-13-27(40)18-28(25)41)34-35-29(19-38(3,4)21-31(35)43)42(14-10-15-45-7)30-20-39(5,6)22-32(44)36(30)34/h8,12-13,16-18,34H,1,9-11,14-15,19-23H2,2-7H3. The molecule has 6 nitrogen and oxygen atoms in total. The first-order chi connectivity index (χ1) is 22.3. The van der Waals surface area contributed by atoms with Gasteiger partial charge in [0.05, 0.1) is 6.61 Å². The van der Waals surface area contributed by atoms with Gasteiger partial charge in [-0.05, 0) is 67.2 Å². The minimum Gasteiger partial charge on any atom is -0.490 e. The molecule has 0 unspecified atom stereocenters. The molecule has 0 spiro atoms. The van der Waals surface area contributed by atoms with E-state index in [1.165, 1.54) is 0 Å². The number of nitrogens with zero attached hydrogens (tertiary/aromatic N) is 1. The van der Waals surface area contributed by atoms with E-state index >= 15 is 0 Å². The second-order valence-electron chi connectivity index (χ2n) is 14.5. The molecule has 2 aromatic rings. The maximum absolute atomic E-state index is 14.3. The van der Waals surface area contributed by atoms with Gasteiger partial charge in [-0.2, -0.15) is 0 Å². The Bertz CT molecular complexity index is 1580. The zero-order valence-electron chi connectivity index (χ0n) is 28.6. The molecular formula is C39H47Cl2NO5. The normalized spacial score (nSPS) is 19.1. The molecule has 5 rings (SSSR count). The van der Waals surface area contributed by atoms with E-state index in [1.54, 1.807) is 19.2 Å². The van der Waals surface area contributed by atoms with Crippen molar-refractivity contribution in [2.75, 3.05) is 26.9 Å². The molecule has 0 fully saturated rings. The van der Waals surface area contributed by atoms with Crippen molar-refractivity contribution in [1.82, 2.24) is 4.90 Å². The van der Waals surface area contributed by atoms with Crippen LogP contribution in [0.3, 0.4) is 0 Å². The van der Waals surface area contributed by atoms with E-state index in [4.69, 9.17) is 37.4 Å². The average molecular weight is 681 g/mol. The first-order valence-electron chi connectivity index (χ1n) is 16.6. The van der Waals surface area contributed by atoms with E-state index in [1.807, 2.05) is 25.1 Å². The quantitative estimate of drug-likeness (QED) is 0.164. The van der Waals surface area contributed by atoms with Crippen LogP contribution >= 0.6 is 23.2 Å². The maximum atomic E-state index is 14.3. The Morgan fingerprint density at radius 3 is 2.11 bits per heavy atom. The lowest BCUT2D eigenvalue weighted by molar-refractivity contribution is -0.119. The number of rotatable bonds is 12. The van der Waals surface area contributed by atoms with Crippen LogP contribution in [0.2, 0.25) is 10.0 Å². The van der Waals surface area contributed by atoms with Crippen molar-refractivity contribution in [3.63, 3.8) is 0 Å². The Labute approximate surface area is 289 Å². The third-order valence-electron chi connectivity index (χ3n) is 9.29. The lowest BCUT2D eigenvalue weighted by Gasteiger charge is -2.49. The van der Waals surface area contributed by atoms with Gasteiger partial charge in [0, 0.05) is 82.7 Å². The summed E-state index contributed by atoms with van der Waals surface area (Å²) in [4.78, 5) is 30.9. The number of halogens is 2. The molecule has 1 heterocycles. The third-order valence-corrected chi connectivity index (χ3v) is 9.88. The van der Waals surface area contributed by atoms with Crippen LogP contribution in [0.1, 0.15) is 89.3 Å². The Morgan fingerprint density at radius 2 is 1.55 bits per heavy atom. The summed E-state index contributed by atoms with van der Waals surface area (Å²) < 4.78 is 18.1. The predicted molar refractivity (Wildman–Crippen MR) is 188 cm³/mol. The van der Waals surface area contributed by atoms with Crippen LogP contribution in [-0.2, 0) is 27.4 Å². The maximum Gasteiger partial charge on any atom is 0.165 e. The summed E-state index contributed by atoms with van der Waals surface area (Å²) in [5.74, 6) is 0.861.